The molecule has 1 saturated heterocycles. The predicted octanol–water partition coefficient (Wildman–Crippen LogP) is 0.208. The van der Waals surface area contributed by atoms with Crippen LogP contribution in [-0.4, -0.2) is 49.5 Å². The van der Waals surface area contributed by atoms with Crippen LogP contribution in [0.3, 0.4) is 0 Å². The monoisotopic (exact) mass is 230 g/mol. The Morgan fingerprint density at radius 3 is 2.69 bits per heavy atom. The van der Waals surface area contributed by atoms with Crippen LogP contribution in [0, 0.1) is 0 Å². The van der Waals surface area contributed by atoms with Crippen LogP contribution in [0.1, 0.15) is 26.2 Å². The summed E-state index contributed by atoms with van der Waals surface area (Å²) in [6, 6.07) is 0.247. The molecule has 1 heterocycles. The average Bonchev–Trinajstić information content (AvgIpc) is 2.14. The smallest absolute Gasteiger partial charge is 0.305 e. The summed E-state index contributed by atoms with van der Waals surface area (Å²) >= 11 is 0. The lowest BCUT2D eigenvalue weighted by Crippen LogP contribution is -2.70. The van der Waals surface area contributed by atoms with E-state index in [-0.39, 0.29) is 18.0 Å². The Labute approximate surface area is 96.6 Å². The second kappa shape index (κ2) is 6.18. The van der Waals surface area contributed by atoms with Gasteiger partial charge in [0.25, 0.3) is 0 Å². The molecule has 1 aliphatic rings. The van der Waals surface area contributed by atoms with Gasteiger partial charge in [0.2, 0.25) is 0 Å². The minimum atomic E-state index is -0.748. The molecule has 5 nitrogen and oxygen atoms in total. The number of rotatable bonds is 8. The Hall–Kier alpha value is -0.650. The molecule has 0 aromatic rings. The standard InChI is InChI=1S/C11H22N2O3/c1-3-4-9(6-16-2)13-11(5-10(14)15)7-12-8-11/h9,12-13H,3-8H2,1-2H3,(H,14,15). The first kappa shape index (κ1) is 13.4. The fourth-order valence-electron chi connectivity index (χ4n) is 2.17. The van der Waals surface area contributed by atoms with Crippen molar-refractivity contribution in [3.05, 3.63) is 0 Å². The number of nitrogens with one attached hydrogen (secondary N) is 2. The number of carboxylic acid groups (broad SMARTS) is 1. The lowest BCUT2D eigenvalue weighted by atomic mass is 9.87. The average molecular weight is 230 g/mol. The minimum Gasteiger partial charge on any atom is -0.481 e. The first-order valence-electron chi connectivity index (χ1n) is 5.81. The first-order valence-corrected chi connectivity index (χ1v) is 5.81. The van der Waals surface area contributed by atoms with Crippen LogP contribution in [0.5, 0.6) is 0 Å². The summed E-state index contributed by atoms with van der Waals surface area (Å²) in [6.45, 7) is 4.20. The van der Waals surface area contributed by atoms with Gasteiger partial charge in [0.05, 0.1) is 18.6 Å². The van der Waals surface area contributed by atoms with Gasteiger partial charge in [-0.2, -0.15) is 0 Å². The van der Waals surface area contributed by atoms with Crippen molar-refractivity contribution in [3.63, 3.8) is 0 Å². The number of hydrogen-bond donors (Lipinski definition) is 3. The molecule has 16 heavy (non-hydrogen) atoms. The highest BCUT2D eigenvalue weighted by molar-refractivity contribution is 5.68. The minimum absolute atomic E-state index is 0.171. The van der Waals surface area contributed by atoms with Gasteiger partial charge < -0.3 is 20.5 Å². The van der Waals surface area contributed by atoms with Crippen molar-refractivity contribution in [2.45, 2.75) is 37.8 Å². The lowest BCUT2D eigenvalue weighted by Gasteiger charge is -2.45. The molecule has 1 unspecified atom stereocenters. The van der Waals surface area contributed by atoms with E-state index in [0.717, 1.165) is 25.9 Å². The highest BCUT2D eigenvalue weighted by Crippen LogP contribution is 2.18. The highest BCUT2D eigenvalue weighted by Gasteiger charge is 2.40. The van der Waals surface area contributed by atoms with E-state index in [4.69, 9.17) is 9.84 Å². The third-order valence-corrected chi connectivity index (χ3v) is 2.93. The number of carbonyl (C=O) groups is 1. The van der Waals surface area contributed by atoms with Gasteiger partial charge in [-0.25, -0.2) is 0 Å². The summed E-state index contributed by atoms with van der Waals surface area (Å²) in [5, 5.41) is 15.4. The molecule has 3 N–H and O–H groups in total. The molecule has 5 heteroatoms. The molecule has 1 atom stereocenters. The molecule has 0 aliphatic carbocycles. The van der Waals surface area contributed by atoms with Gasteiger partial charge in [0, 0.05) is 26.2 Å². The molecule has 94 valence electrons. The summed E-state index contributed by atoms with van der Waals surface area (Å²) < 4.78 is 5.15. The van der Waals surface area contributed by atoms with Crippen LogP contribution in [0.15, 0.2) is 0 Å². The number of carboxylic acids is 1. The zero-order valence-corrected chi connectivity index (χ0v) is 10.1. The predicted molar refractivity (Wildman–Crippen MR) is 61.6 cm³/mol. The summed E-state index contributed by atoms with van der Waals surface area (Å²) in [7, 11) is 1.67. The van der Waals surface area contributed by atoms with Gasteiger partial charge in [-0.05, 0) is 6.42 Å². The van der Waals surface area contributed by atoms with Crippen molar-refractivity contribution in [2.75, 3.05) is 26.8 Å². The van der Waals surface area contributed by atoms with E-state index in [2.05, 4.69) is 17.6 Å². The number of methoxy groups -OCH3 is 1. The Morgan fingerprint density at radius 2 is 2.31 bits per heavy atom. The molecule has 0 saturated carbocycles. The lowest BCUT2D eigenvalue weighted by molar-refractivity contribution is -0.139. The van der Waals surface area contributed by atoms with Crippen molar-refractivity contribution in [2.24, 2.45) is 0 Å². The maximum atomic E-state index is 10.8. The first-order chi connectivity index (χ1) is 7.62. The van der Waals surface area contributed by atoms with Crippen LogP contribution in [0.4, 0.5) is 0 Å². The maximum Gasteiger partial charge on any atom is 0.305 e. The molecule has 0 spiro atoms. The fraction of sp³-hybridized carbons (Fsp3) is 0.909. The third-order valence-electron chi connectivity index (χ3n) is 2.93. The van der Waals surface area contributed by atoms with Crippen LogP contribution >= 0.6 is 0 Å². The number of aliphatic carboxylic acids is 1. The molecule has 1 rings (SSSR count). The molecule has 1 aliphatic heterocycles. The van der Waals surface area contributed by atoms with Crippen LogP contribution in [-0.2, 0) is 9.53 Å². The van der Waals surface area contributed by atoms with Crippen molar-refractivity contribution < 1.29 is 14.6 Å². The molecule has 0 bridgehead atoms. The van der Waals surface area contributed by atoms with Gasteiger partial charge in [-0.3, -0.25) is 4.79 Å². The van der Waals surface area contributed by atoms with E-state index in [1.807, 2.05) is 0 Å². The molecular weight excluding hydrogens is 208 g/mol. The van der Waals surface area contributed by atoms with E-state index in [9.17, 15) is 4.79 Å². The Bertz CT molecular complexity index is 223. The number of ether oxygens (including phenoxy) is 1. The second-order valence-electron chi connectivity index (χ2n) is 4.54. The van der Waals surface area contributed by atoms with Crippen molar-refractivity contribution in [3.8, 4) is 0 Å². The molecule has 0 aromatic heterocycles. The topological polar surface area (TPSA) is 70.6 Å². The number of hydrogen-bond acceptors (Lipinski definition) is 4. The van der Waals surface area contributed by atoms with E-state index in [1.54, 1.807) is 7.11 Å². The van der Waals surface area contributed by atoms with Gasteiger partial charge in [-0.15, -0.1) is 0 Å². The normalized spacial score (nSPS) is 20.1. The fourth-order valence-corrected chi connectivity index (χ4v) is 2.17. The van der Waals surface area contributed by atoms with E-state index in [0.29, 0.717) is 6.61 Å². The van der Waals surface area contributed by atoms with E-state index < -0.39 is 5.97 Å². The summed E-state index contributed by atoms with van der Waals surface area (Å²) in [6.07, 6.45) is 2.25. The largest absolute Gasteiger partial charge is 0.481 e. The quantitative estimate of drug-likeness (QED) is 0.556. The molecule has 0 radical (unpaired) electrons. The Balaban J connectivity index is 2.48. The zero-order valence-electron chi connectivity index (χ0n) is 10.1. The van der Waals surface area contributed by atoms with Crippen LogP contribution in [0.25, 0.3) is 0 Å². The van der Waals surface area contributed by atoms with Crippen LogP contribution in [0.2, 0.25) is 0 Å². The van der Waals surface area contributed by atoms with Gasteiger partial charge in [-0.1, -0.05) is 13.3 Å². The van der Waals surface area contributed by atoms with Crippen molar-refractivity contribution in [1.29, 1.82) is 0 Å². The van der Waals surface area contributed by atoms with E-state index >= 15 is 0 Å². The van der Waals surface area contributed by atoms with Gasteiger partial charge in [0.15, 0.2) is 0 Å². The van der Waals surface area contributed by atoms with Gasteiger partial charge in [0.1, 0.15) is 0 Å². The summed E-state index contributed by atoms with van der Waals surface area (Å²) in [5.41, 5.74) is -0.274. The zero-order chi connectivity index (χ0) is 12.0. The molecular formula is C11H22N2O3. The highest BCUT2D eigenvalue weighted by atomic mass is 16.5. The maximum absolute atomic E-state index is 10.8. The summed E-state index contributed by atoms with van der Waals surface area (Å²) in [5.74, 6) is -0.748. The Kier molecular flexibility index (Phi) is 5.18. The molecule has 1 fully saturated rings. The SMILES string of the molecule is CCCC(COC)NC1(CC(=O)O)CNC1. The van der Waals surface area contributed by atoms with Gasteiger partial charge >= 0.3 is 5.97 Å². The van der Waals surface area contributed by atoms with Crippen molar-refractivity contribution in [1.82, 2.24) is 10.6 Å². The summed E-state index contributed by atoms with van der Waals surface area (Å²) in [4.78, 5) is 10.8. The third kappa shape index (κ3) is 3.73. The van der Waals surface area contributed by atoms with Crippen molar-refractivity contribution >= 4 is 5.97 Å². The molecule has 0 aromatic carbocycles. The Morgan fingerprint density at radius 1 is 1.62 bits per heavy atom. The second-order valence-corrected chi connectivity index (χ2v) is 4.54. The van der Waals surface area contributed by atoms with Crippen LogP contribution < -0.4 is 10.6 Å². The van der Waals surface area contributed by atoms with E-state index in [1.165, 1.54) is 0 Å². The molecule has 0 amide bonds.